The van der Waals surface area contributed by atoms with Crippen molar-refractivity contribution in [2.45, 2.75) is 25.0 Å². The highest BCUT2D eigenvalue weighted by atomic mass is 19.1. The average molecular weight is 253 g/mol. The van der Waals surface area contributed by atoms with Gasteiger partial charge in [-0.05, 0) is 26.0 Å². The van der Waals surface area contributed by atoms with E-state index in [1.165, 1.54) is 6.07 Å². The molecule has 1 unspecified atom stereocenters. The summed E-state index contributed by atoms with van der Waals surface area (Å²) in [5.41, 5.74) is 0.372. The second kappa shape index (κ2) is 6.27. The minimum absolute atomic E-state index is 0.342. The molecule has 1 aliphatic heterocycles. The molecule has 0 aromatic heterocycles. The molecule has 1 aromatic carbocycles. The number of hydrogen-bond donors (Lipinski definition) is 1. The minimum Gasteiger partial charge on any atom is -0.387 e. The Morgan fingerprint density at radius 3 is 2.72 bits per heavy atom. The van der Waals surface area contributed by atoms with Gasteiger partial charge in [0.15, 0.2) is 0 Å². The number of benzene rings is 1. The maximum atomic E-state index is 13.5. The van der Waals surface area contributed by atoms with E-state index in [1.54, 1.807) is 18.2 Å². The van der Waals surface area contributed by atoms with Crippen molar-refractivity contribution in [1.29, 1.82) is 0 Å². The second-order valence-electron chi connectivity index (χ2n) is 4.82. The van der Waals surface area contributed by atoms with Gasteiger partial charge in [-0.15, -0.1) is 0 Å². The smallest absolute Gasteiger partial charge is 0.129 e. The van der Waals surface area contributed by atoms with E-state index in [1.807, 2.05) is 7.05 Å². The quantitative estimate of drug-likeness (QED) is 0.890. The zero-order valence-electron chi connectivity index (χ0n) is 10.7. The summed E-state index contributed by atoms with van der Waals surface area (Å²) in [5.74, 6) is -0.342. The van der Waals surface area contributed by atoms with E-state index in [4.69, 9.17) is 4.74 Å². The molecule has 0 aliphatic carbocycles. The van der Waals surface area contributed by atoms with Crippen LogP contribution >= 0.6 is 0 Å². The number of aliphatic hydroxyl groups is 1. The van der Waals surface area contributed by atoms with Crippen LogP contribution in [0.3, 0.4) is 0 Å². The van der Waals surface area contributed by atoms with Crippen LogP contribution in [-0.2, 0) is 4.74 Å². The Morgan fingerprint density at radius 2 is 2.06 bits per heavy atom. The Morgan fingerprint density at radius 1 is 1.39 bits per heavy atom. The van der Waals surface area contributed by atoms with Crippen LogP contribution in [0.1, 0.15) is 24.5 Å². The fraction of sp³-hybridized carbons (Fsp3) is 0.571. The van der Waals surface area contributed by atoms with Crippen molar-refractivity contribution >= 4 is 0 Å². The molecule has 0 radical (unpaired) electrons. The van der Waals surface area contributed by atoms with Gasteiger partial charge in [-0.1, -0.05) is 18.2 Å². The fourth-order valence-corrected chi connectivity index (χ4v) is 2.39. The highest BCUT2D eigenvalue weighted by molar-refractivity contribution is 5.20. The van der Waals surface area contributed by atoms with Gasteiger partial charge in [0.1, 0.15) is 5.82 Å². The number of likely N-dealkylation sites (N-methyl/N-ethyl adjacent to an activating group) is 1. The first-order valence-corrected chi connectivity index (χ1v) is 6.39. The van der Waals surface area contributed by atoms with Gasteiger partial charge in [0.2, 0.25) is 0 Å². The van der Waals surface area contributed by atoms with E-state index in [9.17, 15) is 9.50 Å². The SMILES string of the molecule is CN(CC(O)c1ccccc1F)C1CCOCC1. The van der Waals surface area contributed by atoms with Crippen molar-refractivity contribution < 1.29 is 14.2 Å². The zero-order chi connectivity index (χ0) is 13.0. The number of rotatable bonds is 4. The molecule has 2 rings (SSSR count). The van der Waals surface area contributed by atoms with Crippen LogP contribution in [0.5, 0.6) is 0 Å². The lowest BCUT2D eigenvalue weighted by Crippen LogP contribution is -2.39. The molecular formula is C14H20FNO2. The van der Waals surface area contributed by atoms with Gasteiger partial charge in [0.05, 0.1) is 6.10 Å². The van der Waals surface area contributed by atoms with Crippen molar-refractivity contribution in [3.8, 4) is 0 Å². The standard InChI is InChI=1S/C14H20FNO2/c1-16(11-6-8-18-9-7-11)10-14(17)12-4-2-3-5-13(12)15/h2-5,11,14,17H,6-10H2,1H3. The number of hydrogen-bond acceptors (Lipinski definition) is 3. The predicted octanol–water partition coefficient (Wildman–Crippen LogP) is 1.97. The van der Waals surface area contributed by atoms with Gasteiger partial charge in [0.25, 0.3) is 0 Å². The summed E-state index contributed by atoms with van der Waals surface area (Å²) >= 11 is 0. The summed E-state index contributed by atoms with van der Waals surface area (Å²) in [6.45, 7) is 1.99. The third kappa shape index (κ3) is 3.28. The molecule has 100 valence electrons. The number of ether oxygens (including phenoxy) is 1. The third-order valence-corrected chi connectivity index (χ3v) is 3.54. The van der Waals surface area contributed by atoms with Crippen molar-refractivity contribution in [2.24, 2.45) is 0 Å². The van der Waals surface area contributed by atoms with Crippen molar-refractivity contribution in [3.63, 3.8) is 0 Å². The minimum atomic E-state index is -0.779. The number of halogens is 1. The van der Waals surface area contributed by atoms with Crippen molar-refractivity contribution in [3.05, 3.63) is 35.6 Å². The molecule has 1 N–H and O–H groups in total. The van der Waals surface area contributed by atoms with E-state index < -0.39 is 6.10 Å². The molecule has 0 amide bonds. The molecule has 1 saturated heterocycles. The largest absolute Gasteiger partial charge is 0.387 e. The number of aliphatic hydroxyl groups excluding tert-OH is 1. The second-order valence-corrected chi connectivity index (χ2v) is 4.82. The topological polar surface area (TPSA) is 32.7 Å². The Labute approximate surface area is 107 Å². The van der Waals surface area contributed by atoms with E-state index in [0.29, 0.717) is 18.2 Å². The van der Waals surface area contributed by atoms with Gasteiger partial charge in [-0.2, -0.15) is 0 Å². The zero-order valence-corrected chi connectivity index (χ0v) is 10.7. The number of nitrogens with zero attached hydrogens (tertiary/aromatic N) is 1. The summed E-state index contributed by atoms with van der Waals surface area (Å²) in [5, 5.41) is 10.1. The fourth-order valence-electron chi connectivity index (χ4n) is 2.39. The maximum Gasteiger partial charge on any atom is 0.129 e. The molecule has 18 heavy (non-hydrogen) atoms. The summed E-state index contributed by atoms with van der Waals surface area (Å²) in [7, 11) is 1.97. The molecular weight excluding hydrogens is 233 g/mol. The summed E-state index contributed by atoms with van der Waals surface area (Å²) in [4.78, 5) is 2.10. The predicted molar refractivity (Wildman–Crippen MR) is 67.8 cm³/mol. The van der Waals surface area contributed by atoms with Crippen LogP contribution in [0.4, 0.5) is 4.39 Å². The molecule has 1 heterocycles. The molecule has 1 aromatic rings. The summed E-state index contributed by atoms with van der Waals surface area (Å²) < 4.78 is 18.8. The Balaban J connectivity index is 1.94. The normalized spacial score (nSPS) is 19.1. The van der Waals surface area contributed by atoms with E-state index in [-0.39, 0.29) is 5.82 Å². The lowest BCUT2D eigenvalue weighted by atomic mass is 10.0. The van der Waals surface area contributed by atoms with Crippen LogP contribution in [0.25, 0.3) is 0 Å². The molecule has 0 bridgehead atoms. The summed E-state index contributed by atoms with van der Waals surface area (Å²) in [6, 6.07) is 6.81. The molecule has 1 fully saturated rings. The first-order chi connectivity index (χ1) is 8.68. The monoisotopic (exact) mass is 253 g/mol. The molecule has 3 nitrogen and oxygen atoms in total. The lowest BCUT2D eigenvalue weighted by molar-refractivity contribution is 0.0247. The first kappa shape index (κ1) is 13.5. The van der Waals surface area contributed by atoms with Crippen LogP contribution in [0.2, 0.25) is 0 Å². The van der Waals surface area contributed by atoms with Gasteiger partial charge in [0, 0.05) is 31.4 Å². The Kier molecular flexibility index (Phi) is 4.69. The molecule has 0 saturated carbocycles. The van der Waals surface area contributed by atoms with Crippen molar-refractivity contribution in [1.82, 2.24) is 4.90 Å². The highest BCUT2D eigenvalue weighted by Crippen LogP contribution is 2.20. The van der Waals surface area contributed by atoms with Crippen LogP contribution < -0.4 is 0 Å². The molecule has 0 spiro atoms. The van der Waals surface area contributed by atoms with Crippen LogP contribution in [-0.4, -0.2) is 42.9 Å². The van der Waals surface area contributed by atoms with Gasteiger partial charge < -0.3 is 14.7 Å². The average Bonchev–Trinajstić information content (AvgIpc) is 2.40. The Bertz CT molecular complexity index is 380. The van der Waals surface area contributed by atoms with Gasteiger partial charge >= 0.3 is 0 Å². The summed E-state index contributed by atoms with van der Waals surface area (Å²) in [6.07, 6.45) is 1.17. The van der Waals surface area contributed by atoms with Crippen LogP contribution in [0, 0.1) is 5.82 Å². The highest BCUT2D eigenvalue weighted by Gasteiger charge is 2.22. The molecule has 1 atom stereocenters. The van der Waals surface area contributed by atoms with E-state index in [0.717, 1.165) is 26.1 Å². The van der Waals surface area contributed by atoms with E-state index >= 15 is 0 Å². The first-order valence-electron chi connectivity index (χ1n) is 6.39. The Hall–Kier alpha value is -0.970. The lowest BCUT2D eigenvalue weighted by Gasteiger charge is -2.32. The van der Waals surface area contributed by atoms with Gasteiger partial charge in [-0.3, -0.25) is 0 Å². The van der Waals surface area contributed by atoms with E-state index in [2.05, 4.69) is 4.90 Å². The van der Waals surface area contributed by atoms with Gasteiger partial charge in [-0.25, -0.2) is 4.39 Å². The molecule has 1 aliphatic rings. The third-order valence-electron chi connectivity index (χ3n) is 3.54. The van der Waals surface area contributed by atoms with Crippen LogP contribution in [0.15, 0.2) is 24.3 Å². The maximum absolute atomic E-state index is 13.5. The van der Waals surface area contributed by atoms with Crippen molar-refractivity contribution in [2.75, 3.05) is 26.8 Å². The molecule has 4 heteroatoms.